The maximum atomic E-state index is 12.2. The van der Waals surface area contributed by atoms with E-state index in [0.29, 0.717) is 23.8 Å². The van der Waals surface area contributed by atoms with Crippen LogP contribution in [-0.2, 0) is 9.59 Å². The second-order valence-electron chi connectivity index (χ2n) is 5.51. The summed E-state index contributed by atoms with van der Waals surface area (Å²) in [5.74, 6) is -0.515. The van der Waals surface area contributed by atoms with Gasteiger partial charge in [0.25, 0.3) is 0 Å². The first-order valence-corrected chi connectivity index (χ1v) is 7.75. The highest BCUT2D eigenvalue weighted by molar-refractivity contribution is 5.80. The Hall–Kier alpha value is -2.22. The maximum Gasteiger partial charge on any atom is 0.243 e. The fraction of sp³-hybridized carbons (Fsp3) is 0.600. The number of unbranched alkanes of at least 4 members (excludes halogenated alkanes) is 2. The monoisotopic (exact) mass is 323 g/mol. The molecule has 1 aromatic heterocycles. The van der Waals surface area contributed by atoms with E-state index in [1.54, 1.807) is 0 Å². The second kappa shape index (κ2) is 9.73. The Labute approximate surface area is 136 Å². The lowest BCUT2D eigenvalue weighted by Gasteiger charge is -2.19. The summed E-state index contributed by atoms with van der Waals surface area (Å²) in [6, 6.07) is 1.83. The standard InChI is InChI=1S/C15H25N5O3/c1-4-5-6-7-13(9-20(23)10-21)14(22)18-19-15-16-11(2)8-12(3)17-15/h8,10,13,23H,4-7,9H2,1-3H3,(H,18,22)(H,16,17,19). The molecule has 0 saturated carbocycles. The highest BCUT2D eigenvalue weighted by atomic mass is 16.5. The number of anilines is 1. The molecule has 128 valence electrons. The average molecular weight is 323 g/mol. The van der Waals surface area contributed by atoms with Gasteiger partial charge in [0.1, 0.15) is 0 Å². The minimum Gasteiger partial charge on any atom is -0.286 e. The summed E-state index contributed by atoms with van der Waals surface area (Å²) >= 11 is 0. The third-order valence-corrected chi connectivity index (χ3v) is 3.34. The van der Waals surface area contributed by atoms with E-state index < -0.39 is 5.92 Å². The van der Waals surface area contributed by atoms with Crippen molar-refractivity contribution in [1.82, 2.24) is 20.5 Å². The number of aromatic nitrogens is 2. The van der Waals surface area contributed by atoms with E-state index in [2.05, 4.69) is 27.7 Å². The van der Waals surface area contributed by atoms with Gasteiger partial charge in [0.15, 0.2) is 0 Å². The number of rotatable bonds is 10. The van der Waals surface area contributed by atoms with Crippen molar-refractivity contribution in [1.29, 1.82) is 0 Å². The Morgan fingerprint density at radius 3 is 2.57 bits per heavy atom. The van der Waals surface area contributed by atoms with Crippen molar-refractivity contribution in [2.75, 3.05) is 12.0 Å². The van der Waals surface area contributed by atoms with Gasteiger partial charge in [-0.25, -0.2) is 15.0 Å². The van der Waals surface area contributed by atoms with Gasteiger partial charge in [0.2, 0.25) is 18.3 Å². The smallest absolute Gasteiger partial charge is 0.243 e. The lowest BCUT2D eigenvalue weighted by atomic mass is 10.0. The van der Waals surface area contributed by atoms with Gasteiger partial charge in [-0.2, -0.15) is 0 Å². The molecule has 0 aliphatic carbocycles. The molecule has 1 atom stereocenters. The molecule has 3 N–H and O–H groups in total. The van der Waals surface area contributed by atoms with Crippen molar-refractivity contribution in [2.24, 2.45) is 5.92 Å². The van der Waals surface area contributed by atoms with Gasteiger partial charge in [-0.05, 0) is 26.3 Å². The third-order valence-electron chi connectivity index (χ3n) is 3.34. The normalized spacial score (nSPS) is 11.7. The predicted molar refractivity (Wildman–Crippen MR) is 85.5 cm³/mol. The second-order valence-corrected chi connectivity index (χ2v) is 5.51. The van der Waals surface area contributed by atoms with Crippen LogP contribution in [0.5, 0.6) is 0 Å². The molecule has 8 heteroatoms. The van der Waals surface area contributed by atoms with Crippen molar-refractivity contribution in [3.63, 3.8) is 0 Å². The van der Waals surface area contributed by atoms with Gasteiger partial charge < -0.3 is 0 Å². The van der Waals surface area contributed by atoms with E-state index in [1.165, 1.54) is 0 Å². The van der Waals surface area contributed by atoms with Crippen LogP contribution in [0.15, 0.2) is 6.07 Å². The summed E-state index contributed by atoms with van der Waals surface area (Å²) in [5.41, 5.74) is 6.80. The number of aryl methyl sites for hydroxylation is 2. The van der Waals surface area contributed by atoms with E-state index >= 15 is 0 Å². The molecule has 0 bridgehead atoms. The van der Waals surface area contributed by atoms with Crippen LogP contribution in [0, 0.1) is 19.8 Å². The number of amides is 2. The maximum absolute atomic E-state index is 12.2. The molecule has 2 amide bonds. The molecule has 8 nitrogen and oxygen atoms in total. The predicted octanol–water partition coefficient (Wildman–Crippen LogP) is 1.58. The molecular formula is C15H25N5O3. The van der Waals surface area contributed by atoms with Crippen molar-refractivity contribution in [3.05, 3.63) is 17.5 Å². The Balaban J connectivity index is 2.61. The van der Waals surface area contributed by atoms with Crippen LogP contribution in [0.2, 0.25) is 0 Å². The number of hydrogen-bond acceptors (Lipinski definition) is 6. The van der Waals surface area contributed by atoms with Crippen LogP contribution in [0.3, 0.4) is 0 Å². The Bertz CT molecular complexity index is 504. The minimum absolute atomic E-state index is 0.0472. The summed E-state index contributed by atoms with van der Waals surface area (Å²) in [6.07, 6.45) is 3.74. The largest absolute Gasteiger partial charge is 0.286 e. The number of nitrogens with one attached hydrogen (secondary N) is 2. The first kappa shape index (κ1) is 18.8. The zero-order chi connectivity index (χ0) is 17.2. The highest BCUT2D eigenvalue weighted by Crippen LogP contribution is 2.11. The number of hydrazine groups is 1. The zero-order valence-electron chi connectivity index (χ0n) is 13.9. The lowest BCUT2D eigenvalue weighted by molar-refractivity contribution is -0.154. The lowest BCUT2D eigenvalue weighted by Crippen LogP contribution is -2.40. The summed E-state index contributed by atoms with van der Waals surface area (Å²) in [5, 5.41) is 9.82. The molecule has 0 fully saturated rings. The van der Waals surface area contributed by atoms with E-state index in [0.717, 1.165) is 30.7 Å². The molecule has 0 spiro atoms. The summed E-state index contributed by atoms with van der Waals surface area (Å²) in [6.45, 7) is 5.69. The Morgan fingerprint density at radius 2 is 2.00 bits per heavy atom. The van der Waals surface area contributed by atoms with Crippen molar-refractivity contribution in [3.8, 4) is 0 Å². The van der Waals surface area contributed by atoms with Gasteiger partial charge in [-0.3, -0.25) is 25.6 Å². The number of hydroxylamine groups is 2. The van der Waals surface area contributed by atoms with E-state index in [1.807, 2.05) is 19.9 Å². The van der Waals surface area contributed by atoms with Gasteiger partial charge in [0, 0.05) is 11.4 Å². The van der Waals surface area contributed by atoms with E-state index in [-0.39, 0.29) is 12.5 Å². The summed E-state index contributed by atoms with van der Waals surface area (Å²) in [7, 11) is 0. The molecule has 0 aliphatic heterocycles. The number of nitrogens with zero attached hydrogens (tertiary/aromatic N) is 3. The van der Waals surface area contributed by atoms with Crippen molar-refractivity contribution >= 4 is 18.3 Å². The van der Waals surface area contributed by atoms with Crippen LogP contribution < -0.4 is 10.9 Å². The first-order chi connectivity index (χ1) is 11.0. The minimum atomic E-state index is -0.504. The molecule has 1 rings (SSSR count). The van der Waals surface area contributed by atoms with E-state index in [4.69, 9.17) is 0 Å². The number of hydrogen-bond donors (Lipinski definition) is 3. The van der Waals surface area contributed by atoms with Crippen LogP contribution >= 0.6 is 0 Å². The van der Waals surface area contributed by atoms with Crippen molar-refractivity contribution in [2.45, 2.75) is 46.5 Å². The van der Waals surface area contributed by atoms with Crippen molar-refractivity contribution < 1.29 is 14.8 Å². The molecule has 0 radical (unpaired) electrons. The van der Waals surface area contributed by atoms with E-state index in [9.17, 15) is 14.8 Å². The van der Waals surface area contributed by atoms with Gasteiger partial charge >= 0.3 is 0 Å². The SMILES string of the molecule is CCCCCC(CN(O)C=O)C(=O)NNc1nc(C)cc(C)n1. The van der Waals surface area contributed by atoms with Gasteiger partial charge in [0.05, 0.1) is 12.5 Å². The molecule has 0 aromatic carbocycles. The molecule has 1 unspecified atom stereocenters. The quantitative estimate of drug-likeness (QED) is 0.261. The average Bonchev–Trinajstić information content (AvgIpc) is 2.50. The highest BCUT2D eigenvalue weighted by Gasteiger charge is 2.20. The van der Waals surface area contributed by atoms with Crippen LogP contribution in [0.4, 0.5) is 5.95 Å². The number of carbonyl (C=O) groups is 2. The van der Waals surface area contributed by atoms with Gasteiger partial charge in [-0.1, -0.05) is 26.2 Å². The van der Waals surface area contributed by atoms with Crippen LogP contribution in [0.1, 0.15) is 44.0 Å². The third kappa shape index (κ3) is 7.05. The first-order valence-electron chi connectivity index (χ1n) is 7.75. The fourth-order valence-electron chi connectivity index (χ4n) is 2.22. The zero-order valence-corrected chi connectivity index (χ0v) is 13.9. The summed E-state index contributed by atoms with van der Waals surface area (Å²) < 4.78 is 0. The summed E-state index contributed by atoms with van der Waals surface area (Å²) in [4.78, 5) is 31.1. The molecule has 0 saturated heterocycles. The number of carbonyl (C=O) groups excluding carboxylic acids is 2. The molecule has 1 aromatic rings. The topological polar surface area (TPSA) is 107 Å². The fourth-order valence-corrected chi connectivity index (χ4v) is 2.22. The Morgan fingerprint density at radius 1 is 1.35 bits per heavy atom. The Kier molecular flexibility index (Phi) is 7.96. The molecule has 1 heterocycles. The van der Waals surface area contributed by atoms with Gasteiger partial charge in [-0.15, -0.1) is 0 Å². The molecule has 0 aliphatic rings. The van der Waals surface area contributed by atoms with Crippen LogP contribution in [-0.4, -0.2) is 39.1 Å². The molecular weight excluding hydrogens is 298 g/mol. The molecule has 23 heavy (non-hydrogen) atoms. The van der Waals surface area contributed by atoms with Crippen LogP contribution in [0.25, 0.3) is 0 Å².